The van der Waals surface area contributed by atoms with Crippen LogP contribution in [-0.4, -0.2) is 39.1 Å². The van der Waals surface area contributed by atoms with Gasteiger partial charge in [-0.3, -0.25) is 9.59 Å². The monoisotopic (exact) mass is 428 g/mol. The number of pyridine rings is 1. The molecule has 2 heterocycles. The van der Waals surface area contributed by atoms with Crippen molar-refractivity contribution in [3.63, 3.8) is 0 Å². The Labute approximate surface area is 176 Å². The quantitative estimate of drug-likeness (QED) is 0.632. The molecule has 2 N–H and O–H groups in total. The summed E-state index contributed by atoms with van der Waals surface area (Å²) in [6.07, 6.45) is 3.79. The molecule has 3 aromatic rings. The minimum absolute atomic E-state index is 0.00310. The highest BCUT2D eigenvalue weighted by Gasteiger charge is 2.69. The Kier molecular flexibility index (Phi) is 4.21. The number of hydrogen-bond acceptors (Lipinski definition) is 4. The van der Waals surface area contributed by atoms with E-state index in [0.717, 1.165) is 11.6 Å². The van der Waals surface area contributed by atoms with E-state index in [1.54, 1.807) is 16.8 Å². The summed E-state index contributed by atoms with van der Waals surface area (Å²) in [7, 11) is 0. The predicted molar refractivity (Wildman–Crippen MR) is 107 cm³/mol. The second-order valence-corrected chi connectivity index (χ2v) is 8.46. The molecule has 0 unspecified atom stereocenters. The molecule has 2 aromatic heterocycles. The molecule has 154 valence electrons. The molecule has 6 rings (SSSR count). The third kappa shape index (κ3) is 3.27. The first-order valence-electron chi connectivity index (χ1n) is 9.51. The fourth-order valence-electron chi connectivity index (χ4n) is 4.45. The number of carbonyl (C=O) groups is 2. The minimum atomic E-state index is -0.600. The molecule has 0 spiro atoms. The number of benzene rings is 1. The number of rotatable bonds is 6. The van der Waals surface area contributed by atoms with Gasteiger partial charge in [0.05, 0.1) is 10.5 Å². The lowest BCUT2D eigenvalue weighted by molar-refractivity contribution is -0.141. The van der Waals surface area contributed by atoms with Crippen molar-refractivity contribution >= 4 is 28.9 Å². The highest BCUT2D eigenvalue weighted by molar-refractivity contribution is 6.30. The predicted octanol–water partition coefficient (Wildman–Crippen LogP) is 2.73. The van der Waals surface area contributed by atoms with Crippen LogP contribution in [0, 0.1) is 5.82 Å². The number of halogens is 2. The highest BCUT2D eigenvalue weighted by Crippen LogP contribution is 2.60. The van der Waals surface area contributed by atoms with Crippen LogP contribution in [0.4, 0.5) is 4.39 Å². The van der Waals surface area contributed by atoms with Gasteiger partial charge in [0, 0.05) is 23.3 Å². The van der Waals surface area contributed by atoms with Gasteiger partial charge < -0.3 is 15.4 Å². The van der Waals surface area contributed by atoms with E-state index < -0.39 is 5.82 Å². The molecule has 2 bridgehead atoms. The molecule has 0 saturated heterocycles. The summed E-state index contributed by atoms with van der Waals surface area (Å²) in [6, 6.07) is 11.4. The van der Waals surface area contributed by atoms with Crippen LogP contribution in [-0.2, 0) is 4.79 Å². The van der Waals surface area contributed by atoms with Gasteiger partial charge in [-0.1, -0.05) is 17.7 Å². The lowest BCUT2D eigenvalue weighted by Gasteiger charge is -2.70. The third-order valence-corrected chi connectivity index (χ3v) is 5.98. The van der Waals surface area contributed by atoms with Crippen LogP contribution in [0.5, 0.6) is 5.75 Å². The second-order valence-electron chi connectivity index (χ2n) is 8.06. The van der Waals surface area contributed by atoms with Crippen LogP contribution < -0.4 is 15.4 Å². The summed E-state index contributed by atoms with van der Waals surface area (Å²) < 4.78 is 20.4. The lowest BCUT2D eigenvalue weighted by atomic mass is 9.44. The molecule has 7 nitrogen and oxygen atoms in total. The van der Waals surface area contributed by atoms with Crippen LogP contribution in [0.1, 0.15) is 29.8 Å². The summed E-state index contributed by atoms with van der Waals surface area (Å²) in [5.41, 5.74) is 0.621. The zero-order valence-corrected chi connectivity index (χ0v) is 16.6. The zero-order valence-electron chi connectivity index (χ0n) is 15.8. The van der Waals surface area contributed by atoms with Crippen molar-refractivity contribution in [1.82, 2.24) is 20.2 Å². The summed E-state index contributed by atoms with van der Waals surface area (Å²) in [4.78, 5) is 24.7. The van der Waals surface area contributed by atoms with Gasteiger partial charge in [-0.2, -0.15) is 5.10 Å². The Bertz CT molecular complexity index is 1130. The number of hydrogen-bond donors (Lipinski definition) is 2. The third-order valence-electron chi connectivity index (χ3n) is 5.68. The lowest BCUT2D eigenvalue weighted by Crippen LogP contribution is -2.84. The summed E-state index contributed by atoms with van der Waals surface area (Å²) >= 11 is 5.63. The molecule has 1 aromatic carbocycles. The number of carbonyl (C=O) groups excluding carboxylic acids is 2. The van der Waals surface area contributed by atoms with E-state index in [0.29, 0.717) is 25.0 Å². The van der Waals surface area contributed by atoms with Gasteiger partial charge in [0.2, 0.25) is 0 Å². The van der Waals surface area contributed by atoms with Gasteiger partial charge in [-0.05, 0) is 49.6 Å². The zero-order chi connectivity index (χ0) is 20.9. The Hall–Kier alpha value is -3.13. The van der Waals surface area contributed by atoms with Crippen LogP contribution in [0.15, 0.2) is 48.7 Å². The maximum atomic E-state index is 13.4. The smallest absolute Gasteiger partial charge is 0.272 e. The molecule has 0 radical (unpaired) electrons. The summed E-state index contributed by atoms with van der Waals surface area (Å²) in [5, 5.41) is 10.3. The van der Waals surface area contributed by atoms with Gasteiger partial charge in [-0.15, -0.1) is 0 Å². The first-order valence-corrected chi connectivity index (χ1v) is 9.89. The molecular weight excluding hydrogens is 411 g/mol. The molecule has 3 aliphatic rings. The first-order chi connectivity index (χ1) is 14.4. The van der Waals surface area contributed by atoms with Gasteiger partial charge in [-0.25, -0.2) is 8.91 Å². The van der Waals surface area contributed by atoms with Crippen LogP contribution >= 0.6 is 11.6 Å². The number of nitrogens with one attached hydrogen (secondary N) is 2. The number of fused-ring (bicyclic) bond motifs is 1. The number of aromatic nitrogens is 2. The number of amides is 2. The van der Waals surface area contributed by atoms with Gasteiger partial charge in [0.25, 0.3) is 11.8 Å². The summed E-state index contributed by atoms with van der Waals surface area (Å²) in [6.45, 7) is -0.219. The number of nitrogens with zero attached hydrogens (tertiary/aromatic N) is 2. The van der Waals surface area contributed by atoms with E-state index >= 15 is 0 Å². The molecule has 9 heteroatoms. The Balaban J connectivity index is 1.12. The molecule has 30 heavy (non-hydrogen) atoms. The number of ether oxygens (including phenoxy) is 1. The molecule has 0 aliphatic heterocycles. The molecule has 3 aliphatic carbocycles. The summed E-state index contributed by atoms with van der Waals surface area (Å²) in [5.74, 6) is -0.866. The van der Waals surface area contributed by atoms with Gasteiger partial charge >= 0.3 is 0 Å². The van der Waals surface area contributed by atoms with Crippen molar-refractivity contribution in [2.75, 3.05) is 6.61 Å². The highest BCUT2D eigenvalue weighted by atomic mass is 35.5. The van der Waals surface area contributed by atoms with E-state index in [-0.39, 0.29) is 40.3 Å². The van der Waals surface area contributed by atoms with Gasteiger partial charge in [0.15, 0.2) is 12.3 Å². The normalized spacial score (nSPS) is 23.9. The molecule has 2 amide bonds. The van der Waals surface area contributed by atoms with Crippen molar-refractivity contribution < 1.29 is 18.7 Å². The molecule has 0 atom stereocenters. The standard InChI is InChI=1S/C21H18ClFN4O3/c22-15-5-4-14(8-16(15)23)30-9-18(28)24-20-10-21(11-20,12-20)25-19(29)17-7-13-3-1-2-6-27(13)26-17/h1-8H,9-12H2,(H,24,28)(H,25,29). The van der Waals surface area contributed by atoms with Crippen molar-refractivity contribution in [3.8, 4) is 5.75 Å². The molecule has 3 fully saturated rings. The average molecular weight is 429 g/mol. The van der Waals surface area contributed by atoms with Crippen molar-refractivity contribution in [1.29, 1.82) is 0 Å². The van der Waals surface area contributed by atoms with Crippen molar-refractivity contribution in [2.45, 2.75) is 30.3 Å². The largest absolute Gasteiger partial charge is 0.484 e. The maximum Gasteiger partial charge on any atom is 0.272 e. The Morgan fingerprint density at radius 3 is 2.63 bits per heavy atom. The topological polar surface area (TPSA) is 84.7 Å². The fraction of sp³-hybridized carbons (Fsp3) is 0.286. The minimum Gasteiger partial charge on any atom is -0.484 e. The first kappa shape index (κ1) is 18.9. The van der Waals surface area contributed by atoms with Crippen molar-refractivity contribution in [2.24, 2.45) is 0 Å². The average Bonchev–Trinajstić information content (AvgIpc) is 3.10. The second kappa shape index (κ2) is 6.70. The van der Waals surface area contributed by atoms with Crippen LogP contribution in [0.2, 0.25) is 5.02 Å². The van der Waals surface area contributed by atoms with Crippen LogP contribution in [0.25, 0.3) is 5.52 Å². The Morgan fingerprint density at radius 2 is 1.90 bits per heavy atom. The van der Waals surface area contributed by atoms with E-state index in [1.165, 1.54) is 12.1 Å². The van der Waals surface area contributed by atoms with Gasteiger partial charge in [0.1, 0.15) is 11.6 Å². The maximum absolute atomic E-state index is 13.4. The van der Waals surface area contributed by atoms with E-state index in [2.05, 4.69) is 15.7 Å². The molecule has 3 saturated carbocycles. The van der Waals surface area contributed by atoms with E-state index in [1.807, 2.05) is 18.2 Å². The fourth-order valence-corrected chi connectivity index (χ4v) is 4.57. The van der Waals surface area contributed by atoms with Crippen LogP contribution in [0.3, 0.4) is 0 Å². The van der Waals surface area contributed by atoms with E-state index in [9.17, 15) is 14.0 Å². The van der Waals surface area contributed by atoms with E-state index in [4.69, 9.17) is 16.3 Å². The SMILES string of the molecule is O=C(COc1ccc(Cl)c(F)c1)NC12CC(NC(=O)c3cc4ccccn4n3)(C1)C2. The molecular formula is C21H18ClFN4O3. The Morgan fingerprint density at radius 1 is 1.13 bits per heavy atom. The van der Waals surface area contributed by atoms with Crippen molar-refractivity contribution in [3.05, 3.63) is 65.2 Å².